The van der Waals surface area contributed by atoms with E-state index in [1.807, 2.05) is 0 Å². The summed E-state index contributed by atoms with van der Waals surface area (Å²) in [5.41, 5.74) is 0.0264. The topological polar surface area (TPSA) is 35.5 Å². The van der Waals surface area contributed by atoms with Crippen molar-refractivity contribution in [2.24, 2.45) is 11.8 Å². The lowest BCUT2D eigenvalue weighted by molar-refractivity contribution is 0.114. The Morgan fingerprint density at radius 1 is 1.32 bits per heavy atom. The zero-order valence-corrected chi connectivity index (χ0v) is 12.8. The summed E-state index contributed by atoms with van der Waals surface area (Å²) in [6.45, 7) is 9.57. The number of aliphatic hydroxyl groups is 1. The van der Waals surface area contributed by atoms with E-state index in [0.717, 1.165) is 18.9 Å². The Morgan fingerprint density at radius 2 is 2.16 bits per heavy atom. The van der Waals surface area contributed by atoms with Gasteiger partial charge in [-0.2, -0.15) is 0 Å². The third-order valence-electron chi connectivity index (χ3n) is 5.51. The minimum Gasteiger partial charge on any atom is -0.394 e. The van der Waals surface area contributed by atoms with Crippen molar-refractivity contribution in [2.75, 3.05) is 32.8 Å². The van der Waals surface area contributed by atoms with Gasteiger partial charge < -0.3 is 15.3 Å². The minimum atomic E-state index is 0.0264. The Kier molecular flexibility index (Phi) is 5.67. The molecule has 0 bridgehead atoms. The molecule has 3 unspecified atom stereocenters. The monoisotopic (exact) mass is 268 g/mol. The number of hydrogen-bond acceptors (Lipinski definition) is 3. The van der Waals surface area contributed by atoms with Gasteiger partial charge in [-0.05, 0) is 57.2 Å². The largest absolute Gasteiger partial charge is 0.394 e. The molecule has 2 aliphatic rings. The van der Waals surface area contributed by atoms with Crippen molar-refractivity contribution in [3.8, 4) is 0 Å². The fourth-order valence-corrected chi connectivity index (χ4v) is 4.20. The Labute approximate surface area is 118 Å². The molecule has 112 valence electrons. The molecule has 0 spiro atoms. The first-order valence-corrected chi connectivity index (χ1v) is 8.32. The Balaban J connectivity index is 1.81. The summed E-state index contributed by atoms with van der Waals surface area (Å²) >= 11 is 0. The van der Waals surface area contributed by atoms with E-state index in [-0.39, 0.29) is 5.54 Å². The van der Waals surface area contributed by atoms with E-state index in [9.17, 15) is 5.11 Å². The predicted octanol–water partition coefficient (Wildman–Crippen LogP) is 2.25. The molecule has 0 aromatic carbocycles. The standard InChI is InChI=1S/C16H32N2O/c1-3-14-7-10-18(12-14)11-8-15-6-5-9-16(15,13-19)17-4-2/h14-15,17,19H,3-13H2,1-2H3. The van der Waals surface area contributed by atoms with Gasteiger partial charge in [-0.1, -0.05) is 26.7 Å². The van der Waals surface area contributed by atoms with Crippen LogP contribution < -0.4 is 5.32 Å². The maximum atomic E-state index is 9.81. The van der Waals surface area contributed by atoms with E-state index in [2.05, 4.69) is 24.1 Å². The van der Waals surface area contributed by atoms with Crippen molar-refractivity contribution >= 4 is 0 Å². The van der Waals surface area contributed by atoms with Gasteiger partial charge in [0.2, 0.25) is 0 Å². The summed E-state index contributed by atoms with van der Waals surface area (Å²) in [5.74, 6) is 1.60. The molecule has 1 aliphatic heterocycles. The average molecular weight is 268 g/mol. The molecule has 0 aromatic rings. The molecule has 1 aliphatic carbocycles. The van der Waals surface area contributed by atoms with Gasteiger partial charge in [-0.3, -0.25) is 0 Å². The number of aliphatic hydroxyl groups excluding tert-OH is 1. The fourth-order valence-electron chi connectivity index (χ4n) is 4.20. The van der Waals surface area contributed by atoms with Gasteiger partial charge in [0.05, 0.1) is 6.61 Å². The average Bonchev–Trinajstić information content (AvgIpc) is 3.04. The normalized spacial score (nSPS) is 36.2. The van der Waals surface area contributed by atoms with E-state index >= 15 is 0 Å². The summed E-state index contributed by atoms with van der Waals surface area (Å²) in [4.78, 5) is 2.64. The van der Waals surface area contributed by atoms with Crippen LogP contribution in [0.15, 0.2) is 0 Å². The zero-order chi connectivity index (χ0) is 13.7. The van der Waals surface area contributed by atoms with Gasteiger partial charge in [-0.15, -0.1) is 0 Å². The SMILES string of the molecule is CCNC1(CO)CCCC1CCN1CCC(CC)C1. The van der Waals surface area contributed by atoms with E-state index in [1.165, 1.54) is 51.7 Å². The number of likely N-dealkylation sites (tertiary alicyclic amines) is 1. The van der Waals surface area contributed by atoms with Gasteiger partial charge in [0, 0.05) is 12.1 Å². The quantitative estimate of drug-likeness (QED) is 0.743. The second-order valence-electron chi connectivity index (χ2n) is 6.59. The molecule has 3 nitrogen and oxygen atoms in total. The Hall–Kier alpha value is -0.120. The lowest BCUT2D eigenvalue weighted by Gasteiger charge is -2.35. The third-order valence-corrected chi connectivity index (χ3v) is 5.51. The lowest BCUT2D eigenvalue weighted by Crippen LogP contribution is -2.51. The summed E-state index contributed by atoms with van der Waals surface area (Å²) < 4.78 is 0. The van der Waals surface area contributed by atoms with Crippen molar-refractivity contribution in [1.29, 1.82) is 0 Å². The molecule has 3 atom stereocenters. The first kappa shape index (κ1) is 15.3. The van der Waals surface area contributed by atoms with Crippen molar-refractivity contribution in [1.82, 2.24) is 10.2 Å². The van der Waals surface area contributed by atoms with Gasteiger partial charge in [0.25, 0.3) is 0 Å². The molecule has 0 radical (unpaired) electrons. The summed E-state index contributed by atoms with van der Waals surface area (Å²) in [6.07, 6.45) is 7.69. The van der Waals surface area contributed by atoms with E-state index in [0.29, 0.717) is 12.5 Å². The molecule has 2 rings (SSSR count). The zero-order valence-electron chi connectivity index (χ0n) is 12.8. The number of nitrogens with zero attached hydrogens (tertiary/aromatic N) is 1. The second-order valence-corrected chi connectivity index (χ2v) is 6.59. The van der Waals surface area contributed by atoms with Crippen LogP contribution >= 0.6 is 0 Å². The molecule has 0 amide bonds. The van der Waals surface area contributed by atoms with Crippen LogP contribution in [0.4, 0.5) is 0 Å². The number of rotatable bonds is 7. The van der Waals surface area contributed by atoms with Gasteiger partial charge in [0.1, 0.15) is 0 Å². The summed E-state index contributed by atoms with van der Waals surface area (Å²) in [7, 11) is 0. The highest BCUT2D eigenvalue weighted by Crippen LogP contribution is 2.38. The minimum absolute atomic E-state index is 0.0264. The summed E-state index contributed by atoms with van der Waals surface area (Å²) in [6, 6.07) is 0. The van der Waals surface area contributed by atoms with Crippen LogP contribution in [0.1, 0.15) is 52.4 Å². The maximum absolute atomic E-state index is 9.81. The first-order chi connectivity index (χ1) is 9.24. The van der Waals surface area contributed by atoms with Crippen LogP contribution in [0.25, 0.3) is 0 Å². The molecule has 3 heteroatoms. The molecule has 19 heavy (non-hydrogen) atoms. The molecule has 0 aromatic heterocycles. The highest BCUT2D eigenvalue weighted by atomic mass is 16.3. The van der Waals surface area contributed by atoms with Crippen LogP contribution in [0.3, 0.4) is 0 Å². The van der Waals surface area contributed by atoms with Crippen molar-refractivity contribution in [3.05, 3.63) is 0 Å². The number of likely N-dealkylation sites (N-methyl/N-ethyl adjacent to an activating group) is 1. The molecule has 2 fully saturated rings. The lowest BCUT2D eigenvalue weighted by atomic mass is 9.85. The number of hydrogen-bond donors (Lipinski definition) is 2. The van der Waals surface area contributed by atoms with Crippen LogP contribution in [0.5, 0.6) is 0 Å². The van der Waals surface area contributed by atoms with Gasteiger partial charge in [-0.25, -0.2) is 0 Å². The van der Waals surface area contributed by atoms with Crippen molar-refractivity contribution < 1.29 is 5.11 Å². The van der Waals surface area contributed by atoms with Gasteiger partial charge in [0.15, 0.2) is 0 Å². The van der Waals surface area contributed by atoms with Crippen LogP contribution in [-0.4, -0.2) is 48.3 Å². The molecule has 1 saturated heterocycles. The van der Waals surface area contributed by atoms with Crippen molar-refractivity contribution in [2.45, 2.75) is 57.9 Å². The molecular formula is C16H32N2O. The molecular weight excluding hydrogens is 236 g/mol. The third kappa shape index (κ3) is 3.50. The molecule has 2 N–H and O–H groups in total. The van der Waals surface area contributed by atoms with Crippen LogP contribution in [0.2, 0.25) is 0 Å². The summed E-state index contributed by atoms with van der Waals surface area (Å²) in [5, 5.41) is 13.4. The van der Waals surface area contributed by atoms with Gasteiger partial charge >= 0.3 is 0 Å². The van der Waals surface area contributed by atoms with E-state index in [1.54, 1.807) is 0 Å². The highest BCUT2D eigenvalue weighted by Gasteiger charge is 2.41. The predicted molar refractivity (Wildman–Crippen MR) is 80.3 cm³/mol. The Bertz CT molecular complexity index is 271. The fraction of sp³-hybridized carbons (Fsp3) is 1.00. The Morgan fingerprint density at radius 3 is 2.79 bits per heavy atom. The number of nitrogens with one attached hydrogen (secondary N) is 1. The smallest absolute Gasteiger partial charge is 0.0616 e. The maximum Gasteiger partial charge on any atom is 0.0616 e. The molecule has 1 heterocycles. The van der Waals surface area contributed by atoms with E-state index < -0.39 is 0 Å². The van der Waals surface area contributed by atoms with E-state index in [4.69, 9.17) is 0 Å². The second kappa shape index (κ2) is 7.05. The first-order valence-electron chi connectivity index (χ1n) is 8.32. The van der Waals surface area contributed by atoms with Crippen LogP contribution in [-0.2, 0) is 0 Å². The highest BCUT2D eigenvalue weighted by molar-refractivity contribution is 4.99. The van der Waals surface area contributed by atoms with Crippen molar-refractivity contribution in [3.63, 3.8) is 0 Å². The van der Waals surface area contributed by atoms with Crippen LogP contribution in [0, 0.1) is 11.8 Å². The molecule has 1 saturated carbocycles.